The average molecular weight is 352 g/mol. The molecule has 0 unspecified atom stereocenters. The number of ether oxygens (including phenoxy) is 1. The molecule has 0 aromatic heterocycles. The van der Waals surface area contributed by atoms with Crippen molar-refractivity contribution in [1.29, 1.82) is 0 Å². The average Bonchev–Trinajstić information content (AvgIpc) is 3.19. The third-order valence-electron chi connectivity index (χ3n) is 4.91. The Labute approximate surface area is 156 Å². The lowest BCUT2D eigenvalue weighted by Crippen LogP contribution is -2.25. The first-order valence-electron chi connectivity index (χ1n) is 9.47. The van der Waals surface area contributed by atoms with Crippen molar-refractivity contribution in [2.75, 3.05) is 26.7 Å². The predicted molar refractivity (Wildman–Crippen MR) is 105 cm³/mol. The number of carbonyl (C=O) groups excluding carboxylic acids is 1. The molecule has 4 heteroatoms. The number of carbonyl (C=O) groups is 1. The number of benzene rings is 2. The van der Waals surface area contributed by atoms with E-state index >= 15 is 0 Å². The Bertz CT molecular complexity index is 689. The second-order valence-electron chi connectivity index (χ2n) is 6.89. The fourth-order valence-electron chi connectivity index (χ4n) is 3.35. The van der Waals surface area contributed by atoms with Crippen LogP contribution < -0.4 is 10.1 Å². The van der Waals surface area contributed by atoms with E-state index in [1.807, 2.05) is 24.3 Å². The molecule has 138 valence electrons. The van der Waals surface area contributed by atoms with E-state index in [4.69, 9.17) is 4.74 Å². The molecule has 3 rings (SSSR count). The van der Waals surface area contributed by atoms with E-state index in [-0.39, 0.29) is 5.91 Å². The summed E-state index contributed by atoms with van der Waals surface area (Å²) >= 11 is 0. The molecule has 0 spiro atoms. The summed E-state index contributed by atoms with van der Waals surface area (Å²) in [5.41, 5.74) is 3.27. The van der Waals surface area contributed by atoms with Crippen LogP contribution in [-0.2, 0) is 13.0 Å². The second kappa shape index (κ2) is 9.39. The molecule has 0 bridgehead atoms. The maximum atomic E-state index is 12.3. The highest BCUT2D eigenvalue weighted by atomic mass is 16.5. The zero-order chi connectivity index (χ0) is 18.2. The van der Waals surface area contributed by atoms with Crippen molar-refractivity contribution in [3.8, 4) is 5.75 Å². The van der Waals surface area contributed by atoms with Crippen molar-refractivity contribution in [3.05, 3.63) is 65.2 Å². The number of rotatable bonds is 8. The van der Waals surface area contributed by atoms with Gasteiger partial charge < -0.3 is 10.1 Å². The molecule has 1 aliphatic heterocycles. The summed E-state index contributed by atoms with van der Waals surface area (Å²) in [5.74, 6) is 0.877. The molecule has 4 nitrogen and oxygen atoms in total. The van der Waals surface area contributed by atoms with Gasteiger partial charge in [0, 0.05) is 18.7 Å². The Morgan fingerprint density at radius 3 is 2.31 bits per heavy atom. The van der Waals surface area contributed by atoms with Crippen LogP contribution in [0, 0.1) is 0 Å². The fraction of sp³-hybridized carbons (Fsp3) is 0.409. The van der Waals surface area contributed by atoms with Crippen LogP contribution >= 0.6 is 0 Å². The summed E-state index contributed by atoms with van der Waals surface area (Å²) in [6.45, 7) is 4.05. The maximum absolute atomic E-state index is 12.3. The minimum atomic E-state index is 0.00690. The summed E-state index contributed by atoms with van der Waals surface area (Å²) in [6, 6.07) is 16.1. The predicted octanol–water partition coefficient (Wildman–Crippen LogP) is 3.65. The molecule has 26 heavy (non-hydrogen) atoms. The number of methoxy groups -OCH3 is 1. The van der Waals surface area contributed by atoms with Gasteiger partial charge in [-0.25, -0.2) is 0 Å². The standard InChI is InChI=1S/C22H28N2O2/c1-26-21-12-8-18(9-13-21)5-4-14-23-22(25)20-10-6-19(7-11-20)17-24-15-2-3-16-24/h6-13H,2-5,14-17H2,1H3,(H,23,25). The molecule has 1 heterocycles. The third kappa shape index (κ3) is 5.33. The lowest BCUT2D eigenvalue weighted by atomic mass is 10.1. The number of nitrogens with zero attached hydrogens (tertiary/aromatic N) is 1. The molecule has 0 aliphatic carbocycles. The highest BCUT2D eigenvalue weighted by molar-refractivity contribution is 5.94. The van der Waals surface area contributed by atoms with Gasteiger partial charge in [-0.2, -0.15) is 0 Å². The lowest BCUT2D eigenvalue weighted by molar-refractivity contribution is 0.0953. The Morgan fingerprint density at radius 1 is 1.00 bits per heavy atom. The maximum Gasteiger partial charge on any atom is 0.251 e. The van der Waals surface area contributed by atoms with Crippen molar-refractivity contribution in [2.45, 2.75) is 32.2 Å². The molecule has 1 aliphatic rings. The molecule has 0 radical (unpaired) electrons. The van der Waals surface area contributed by atoms with Gasteiger partial charge in [-0.3, -0.25) is 9.69 Å². The summed E-state index contributed by atoms with van der Waals surface area (Å²) < 4.78 is 5.16. The minimum Gasteiger partial charge on any atom is -0.497 e. The Morgan fingerprint density at radius 2 is 1.65 bits per heavy atom. The summed E-state index contributed by atoms with van der Waals surface area (Å²) in [7, 11) is 1.67. The van der Waals surface area contributed by atoms with E-state index in [2.05, 4.69) is 34.5 Å². The Hall–Kier alpha value is -2.33. The van der Waals surface area contributed by atoms with Gasteiger partial charge in [0.25, 0.3) is 5.91 Å². The largest absolute Gasteiger partial charge is 0.497 e. The number of likely N-dealkylation sites (tertiary alicyclic amines) is 1. The molecular formula is C22H28N2O2. The summed E-state index contributed by atoms with van der Waals surface area (Å²) in [6.07, 6.45) is 4.47. The van der Waals surface area contributed by atoms with E-state index in [1.54, 1.807) is 7.11 Å². The molecule has 1 N–H and O–H groups in total. The Balaban J connectivity index is 1.39. The van der Waals surface area contributed by atoms with Gasteiger partial charge in [-0.15, -0.1) is 0 Å². The van der Waals surface area contributed by atoms with Gasteiger partial charge in [-0.05, 0) is 74.2 Å². The lowest BCUT2D eigenvalue weighted by Gasteiger charge is -2.14. The van der Waals surface area contributed by atoms with Gasteiger partial charge in [0.1, 0.15) is 5.75 Å². The van der Waals surface area contributed by atoms with E-state index in [0.29, 0.717) is 6.54 Å². The zero-order valence-electron chi connectivity index (χ0n) is 15.5. The van der Waals surface area contributed by atoms with Gasteiger partial charge in [0.15, 0.2) is 0 Å². The first-order valence-corrected chi connectivity index (χ1v) is 9.47. The van der Waals surface area contributed by atoms with Crippen molar-refractivity contribution in [1.82, 2.24) is 10.2 Å². The Kier molecular flexibility index (Phi) is 6.67. The number of aryl methyl sites for hydroxylation is 1. The fourth-order valence-corrected chi connectivity index (χ4v) is 3.35. The summed E-state index contributed by atoms with van der Waals surface area (Å²) in [5, 5.41) is 3.01. The molecule has 2 aromatic carbocycles. The molecule has 1 amide bonds. The van der Waals surface area contributed by atoms with Gasteiger partial charge in [0.2, 0.25) is 0 Å². The summed E-state index contributed by atoms with van der Waals surface area (Å²) in [4.78, 5) is 14.7. The van der Waals surface area contributed by atoms with Crippen LogP contribution in [0.3, 0.4) is 0 Å². The normalized spacial score (nSPS) is 14.3. The highest BCUT2D eigenvalue weighted by Gasteiger charge is 2.12. The van der Waals surface area contributed by atoms with E-state index in [9.17, 15) is 4.79 Å². The highest BCUT2D eigenvalue weighted by Crippen LogP contribution is 2.14. The second-order valence-corrected chi connectivity index (χ2v) is 6.89. The molecule has 0 atom stereocenters. The first-order chi connectivity index (χ1) is 12.7. The third-order valence-corrected chi connectivity index (χ3v) is 4.91. The van der Waals surface area contributed by atoms with Crippen molar-refractivity contribution in [3.63, 3.8) is 0 Å². The van der Waals surface area contributed by atoms with Crippen LogP contribution in [-0.4, -0.2) is 37.6 Å². The van der Waals surface area contributed by atoms with E-state index in [1.165, 1.54) is 37.1 Å². The minimum absolute atomic E-state index is 0.00690. The zero-order valence-corrected chi connectivity index (χ0v) is 15.5. The van der Waals surface area contributed by atoms with E-state index in [0.717, 1.165) is 30.7 Å². The quantitative estimate of drug-likeness (QED) is 0.737. The first kappa shape index (κ1) is 18.5. The van der Waals surface area contributed by atoms with Crippen LogP contribution in [0.1, 0.15) is 40.7 Å². The van der Waals surface area contributed by atoms with Crippen LogP contribution in [0.4, 0.5) is 0 Å². The number of hydrogen-bond acceptors (Lipinski definition) is 3. The number of nitrogens with one attached hydrogen (secondary N) is 1. The van der Waals surface area contributed by atoms with Gasteiger partial charge in [-0.1, -0.05) is 24.3 Å². The molecule has 0 saturated carbocycles. The topological polar surface area (TPSA) is 41.6 Å². The smallest absolute Gasteiger partial charge is 0.251 e. The van der Waals surface area contributed by atoms with Crippen molar-refractivity contribution < 1.29 is 9.53 Å². The number of amides is 1. The van der Waals surface area contributed by atoms with Gasteiger partial charge in [0.05, 0.1) is 7.11 Å². The SMILES string of the molecule is COc1ccc(CCCNC(=O)c2ccc(CN3CCCC3)cc2)cc1. The molecule has 2 aromatic rings. The monoisotopic (exact) mass is 352 g/mol. The van der Waals surface area contributed by atoms with Crippen LogP contribution in [0.5, 0.6) is 5.75 Å². The van der Waals surface area contributed by atoms with E-state index < -0.39 is 0 Å². The number of hydrogen-bond donors (Lipinski definition) is 1. The molecule has 1 saturated heterocycles. The van der Waals surface area contributed by atoms with Crippen LogP contribution in [0.25, 0.3) is 0 Å². The van der Waals surface area contributed by atoms with Crippen molar-refractivity contribution >= 4 is 5.91 Å². The van der Waals surface area contributed by atoms with Crippen molar-refractivity contribution in [2.24, 2.45) is 0 Å². The van der Waals surface area contributed by atoms with Crippen LogP contribution in [0.2, 0.25) is 0 Å². The molecule has 1 fully saturated rings. The van der Waals surface area contributed by atoms with Gasteiger partial charge >= 0.3 is 0 Å². The molecular weight excluding hydrogens is 324 g/mol. The van der Waals surface area contributed by atoms with Crippen LogP contribution in [0.15, 0.2) is 48.5 Å².